The summed E-state index contributed by atoms with van der Waals surface area (Å²) in [6.45, 7) is 4.08. The quantitative estimate of drug-likeness (QED) is 0.853. The molecule has 0 aromatic heterocycles. The van der Waals surface area contributed by atoms with Crippen LogP contribution in [0.5, 0.6) is 5.75 Å². The van der Waals surface area contributed by atoms with Gasteiger partial charge in [-0.1, -0.05) is 18.2 Å². The fourth-order valence-corrected chi connectivity index (χ4v) is 4.15. The number of β-amino-alcohol motifs (C(OH)–C–C–N with tert-alkyl or cyclic N) is 1. The zero-order valence-corrected chi connectivity index (χ0v) is 15.4. The maximum absolute atomic E-state index is 11.8. The topological polar surface area (TPSA) is 35.7 Å². The van der Waals surface area contributed by atoms with Gasteiger partial charge in [0, 0.05) is 12.0 Å². The van der Waals surface area contributed by atoms with E-state index in [0.29, 0.717) is 13.2 Å². The van der Waals surface area contributed by atoms with Crippen LogP contribution in [0.2, 0.25) is 0 Å². The first-order valence-electron chi connectivity index (χ1n) is 9.64. The molecule has 0 fully saturated rings. The first-order chi connectivity index (χ1) is 12.7. The summed E-state index contributed by atoms with van der Waals surface area (Å²) in [4.78, 5) is 2.29. The minimum atomic E-state index is -1.000. The van der Waals surface area contributed by atoms with Crippen molar-refractivity contribution in [1.29, 1.82) is 0 Å². The van der Waals surface area contributed by atoms with Gasteiger partial charge in [-0.2, -0.15) is 0 Å². The van der Waals surface area contributed by atoms with Gasteiger partial charge in [-0.05, 0) is 62.6 Å². The third-order valence-electron chi connectivity index (χ3n) is 5.43. The van der Waals surface area contributed by atoms with Crippen molar-refractivity contribution in [1.82, 2.24) is 0 Å². The standard InChI is InChI=1S/C22H27N2O2/c1-2-26-20-14-12-18(13-15-20)22(25)17-23(19-9-5-3-6-10-19)21-11-7-4-8-16-24(21)22/h3,5-6,9-10,12-15,25H,2,4,7-8,11,16-17H2,1H3/q+1. The second-order valence-electron chi connectivity index (χ2n) is 7.07. The van der Waals surface area contributed by atoms with Gasteiger partial charge < -0.3 is 9.84 Å². The van der Waals surface area contributed by atoms with Crippen LogP contribution in [-0.2, 0) is 5.72 Å². The fraction of sp³-hybridized carbons (Fsp3) is 0.409. The lowest BCUT2D eigenvalue weighted by atomic mass is 10.0. The molecule has 2 aromatic rings. The second-order valence-corrected chi connectivity index (χ2v) is 7.07. The highest BCUT2D eigenvalue weighted by Crippen LogP contribution is 2.35. The van der Waals surface area contributed by atoms with E-state index in [0.717, 1.165) is 36.4 Å². The van der Waals surface area contributed by atoms with Gasteiger partial charge in [-0.3, -0.25) is 0 Å². The van der Waals surface area contributed by atoms with Crippen molar-refractivity contribution in [3.63, 3.8) is 0 Å². The van der Waals surface area contributed by atoms with Crippen molar-refractivity contribution in [2.75, 3.05) is 24.6 Å². The molecule has 2 aliphatic heterocycles. The first kappa shape index (κ1) is 17.1. The summed E-state index contributed by atoms with van der Waals surface area (Å²) in [7, 11) is 0. The highest BCUT2D eigenvalue weighted by molar-refractivity contribution is 5.95. The van der Waals surface area contributed by atoms with E-state index in [4.69, 9.17) is 4.74 Å². The molecule has 0 saturated carbocycles. The molecule has 4 heteroatoms. The van der Waals surface area contributed by atoms with E-state index in [1.165, 1.54) is 18.7 Å². The number of amidine groups is 1. The minimum Gasteiger partial charge on any atom is -0.494 e. The summed E-state index contributed by atoms with van der Waals surface area (Å²) in [5.41, 5.74) is 1.08. The SMILES string of the molecule is CCOc1ccc(C2(O)CN(c3ccccc3)C3=[N+]2CCCCC3)cc1. The summed E-state index contributed by atoms with van der Waals surface area (Å²) in [5, 5.41) is 11.8. The van der Waals surface area contributed by atoms with Gasteiger partial charge in [0.05, 0.1) is 13.2 Å². The van der Waals surface area contributed by atoms with Gasteiger partial charge in [0.2, 0.25) is 0 Å². The van der Waals surface area contributed by atoms with Crippen molar-refractivity contribution in [3.8, 4) is 5.75 Å². The predicted octanol–water partition coefficient (Wildman–Crippen LogP) is 3.74. The van der Waals surface area contributed by atoms with Crippen molar-refractivity contribution < 1.29 is 14.4 Å². The van der Waals surface area contributed by atoms with E-state index in [9.17, 15) is 5.11 Å². The van der Waals surface area contributed by atoms with Gasteiger partial charge in [0.1, 0.15) is 11.4 Å². The summed E-state index contributed by atoms with van der Waals surface area (Å²) in [6, 6.07) is 18.3. The fourth-order valence-electron chi connectivity index (χ4n) is 4.15. The summed E-state index contributed by atoms with van der Waals surface area (Å²) in [6.07, 6.45) is 4.51. The monoisotopic (exact) mass is 351 g/mol. The van der Waals surface area contributed by atoms with Gasteiger partial charge in [-0.25, -0.2) is 9.48 Å². The van der Waals surface area contributed by atoms with Crippen LogP contribution >= 0.6 is 0 Å². The van der Waals surface area contributed by atoms with Crippen molar-refractivity contribution >= 4 is 11.5 Å². The maximum atomic E-state index is 11.8. The number of ether oxygens (including phenoxy) is 1. The van der Waals surface area contributed by atoms with Gasteiger partial charge in [-0.15, -0.1) is 0 Å². The smallest absolute Gasteiger partial charge is 0.271 e. The van der Waals surface area contributed by atoms with Crippen LogP contribution < -0.4 is 9.64 Å². The van der Waals surface area contributed by atoms with E-state index in [2.05, 4.69) is 33.7 Å². The number of hydrogen-bond donors (Lipinski definition) is 1. The maximum Gasteiger partial charge on any atom is 0.271 e. The second kappa shape index (κ2) is 7.12. The van der Waals surface area contributed by atoms with Crippen LogP contribution in [0.1, 0.15) is 38.2 Å². The van der Waals surface area contributed by atoms with Crippen molar-refractivity contribution in [2.45, 2.75) is 38.3 Å². The average Bonchev–Trinajstić information content (AvgIpc) is 2.83. The molecule has 0 aliphatic carbocycles. The number of anilines is 1. The van der Waals surface area contributed by atoms with E-state index in [1.54, 1.807) is 0 Å². The Hall–Kier alpha value is -2.33. The molecule has 2 aliphatic rings. The molecule has 0 spiro atoms. The predicted molar refractivity (Wildman–Crippen MR) is 104 cm³/mol. The van der Waals surface area contributed by atoms with Crippen LogP contribution in [-0.4, -0.2) is 35.2 Å². The average molecular weight is 351 g/mol. The molecule has 4 nitrogen and oxygen atoms in total. The zero-order valence-electron chi connectivity index (χ0n) is 15.4. The molecule has 0 bridgehead atoms. The lowest BCUT2D eigenvalue weighted by Crippen LogP contribution is -2.41. The van der Waals surface area contributed by atoms with Crippen LogP contribution in [0.4, 0.5) is 5.69 Å². The van der Waals surface area contributed by atoms with E-state index in [-0.39, 0.29) is 0 Å². The summed E-state index contributed by atoms with van der Waals surface area (Å²) < 4.78 is 7.79. The molecule has 2 aromatic carbocycles. The number of benzene rings is 2. The molecule has 136 valence electrons. The number of aliphatic hydroxyl groups is 1. The van der Waals surface area contributed by atoms with E-state index >= 15 is 0 Å². The Bertz CT molecular complexity index is 786. The molecule has 1 N–H and O–H groups in total. The van der Waals surface area contributed by atoms with E-state index < -0.39 is 5.72 Å². The Morgan fingerprint density at radius 2 is 1.81 bits per heavy atom. The lowest BCUT2D eigenvalue weighted by molar-refractivity contribution is -0.658. The molecule has 4 rings (SSSR count). The Kier molecular flexibility index (Phi) is 4.68. The van der Waals surface area contributed by atoms with Crippen molar-refractivity contribution in [3.05, 3.63) is 60.2 Å². The largest absolute Gasteiger partial charge is 0.494 e. The third-order valence-corrected chi connectivity index (χ3v) is 5.43. The molecule has 1 atom stereocenters. The highest BCUT2D eigenvalue weighted by Gasteiger charge is 2.51. The summed E-state index contributed by atoms with van der Waals surface area (Å²) in [5.74, 6) is 2.09. The zero-order chi connectivity index (χ0) is 18.0. The minimum absolute atomic E-state index is 0.556. The van der Waals surface area contributed by atoms with Gasteiger partial charge in [0.15, 0.2) is 6.54 Å². The molecule has 26 heavy (non-hydrogen) atoms. The Balaban J connectivity index is 1.74. The molecular formula is C22H27N2O2+. The Labute approximate surface area is 155 Å². The molecule has 2 heterocycles. The number of para-hydroxylation sites is 1. The van der Waals surface area contributed by atoms with Gasteiger partial charge in [0.25, 0.3) is 11.6 Å². The van der Waals surface area contributed by atoms with Gasteiger partial charge >= 0.3 is 0 Å². The molecule has 1 unspecified atom stereocenters. The molecule has 0 saturated heterocycles. The number of hydrogen-bond acceptors (Lipinski definition) is 3. The lowest BCUT2D eigenvalue weighted by Gasteiger charge is -2.23. The molecule has 0 amide bonds. The normalized spacial score (nSPS) is 22.9. The van der Waals surface area contributed by atoms with Crippen LogP contribution in [0, 0.1) is 0 Å². The third kappa shape index (κ3) is 2.99. The molecular weight excluding hydrogens is 324 g/mol. The Morgan fingerprint density at radius 1 is 1.04 bits per heavy atom. The van der Waals surface area contributed by atoms with E-state index in [1.807, 2.05) is 37.3 Å². The van der Waals surface area contributed by atoms with Crippen molar-refractivity contribution in [2.24, 2.45) is 0 Å². The Morgan fingerprint density at radius 3 is 2.54 bits per heavy atom. The number of nitrogens with zero attached hydrogens (tertiary/aromatic N) is 2. The molecule has 0 radical (unpaired) electrons. The first-order valence-corrected chi connectivity index (χ1v) is 9.64. The van der Waals surface area contributed by atoms with Crippen LogP contribution in [0.25, 0.3) is 0 Å². The highest BCUT2D eigenvalue weighted by atomic mass is 16.5. The van der Waals surface area contributed by atoms with Crippen LogP contribution in [0.15, 0.2) is 54.6 Å². The summed E-state index contributed by atoms with van der Waals surface area (Å²) >= 11 is 0. The van der Waals surface area contributed by atoms with Crippen LogP contribution in [0.3, 0.4) is 0 Å². The number of rotatable bonds is 4.